The number of urea groups is 1. The van der Waals surface area contributed by atoms with E-state index in [-0.39, 0.29) is 34.7 Å². The van der Waals surface area contributed by atoms with Gasteiger partial charge in [0, 0.05) is 17.5 Å². The van der Waals surface area contributed by atoms with Crippen LogP contribution in [0, 0.1) is 29.1 Å². The molecule has 4 bridgehead atoms. The van der Waals surface area contributed by atoms with Crippen LogP contribution in [0.4, 0.5) is 4.79 Å². The number of hydrogen-bond acceptors (Lipinski definition) is 2. The summed E-state index contributed by atoms with van der Waals surface area (Å²) >= 11 is 0. The van der Waals surface area contributed by atoms with Crippen molar-refractivity contribution in [3.63, 3.8) is 0 Å². The fourth-order valence-corrected chi connectivity index (χ4v) is 6.56. The van der Waals surface area contributed by atoms with Gasteiger partial charge in [-0.05, 0) is 75.0 Å². The molecule has 5 aliphatic carbocycles. The molecule has 5 rings (SSSR count). The van der Waals surface area contributed by atoms with E-state index in [1.54, 1.807) is 6.92 Å². The summed E-state index contributed by atoms with van der Waals surface area (Å²) in [4.78, 5) is 24.2. The van der Waals surface area contributed by atoms with Crippen LogP contribution in [0.1, 0.15) is 65.7 Å². The van der Waals surface area contributed by atoms with E-state index in [1.807, 2.05) is 0 Å². The van der Waals surface area contributed by atoms with Gasteiger partial charge in [0.15, 0.2) is 0 Å². The zero-order valence-corrected chi connectivity index (χ0v) is 14.7. The van der Waals surface area contributed by atoms with Crippen LogP contribution < -0.4 is 10.6 Å². The van der Waals surface area contributed by atoms with E-state index < -0.39 is 0 Å². The van der Waals surface area contributed by atoms with E-state index in [0.717, 1.165) is 24.2 Å². The third-order valence-electron chi connectivity index (χ3n) is 7.48. The molecule has 5 aliphatic rings. The molecule has 0 saturated heterocycles. The summed E-state index contributed by atoms with van der Waals surface area (Å²) in [5.41, 5.74) is -0.0582. The lowest BCUT2D eigenvalue weighted by Gasteiger charge is -2.57. The summed E-state index contributed by atoms with van der Waals surface area (Å²) < 4.78 is 0. The molecule has 4 heteroatoms. The highest BCUT2D eigenvalue weighted by Crippen LogP contribution is 2.55. The Bertz CT molecular complexity index is 504. The number of rotatable bonds is 3. The van der Waals surface area contributed by atoms with Crippen LogP contribution >= 0.6 is 0 Å². The van der Waals surface area contributed by atoms with Crippen molar-refractivity contribution in [2.45, 2.75) is 77.3 Å². The lowest BCUT2D eigenvalue weighted by Crippen LogP contribution is -2.66. The zero-order valence-electron chi connectivity index (χ0n) is 14.7. The maximum atomic E-state index is 12.6. The topological polar surface area (TPSA) is 58.2 Å². The Kier molecular flexibility index (Phi) is 3.34. The predicted octanol–water partition coefficient (Wildman–Crippen LogP) is 3.26. The fraction of sp³-hybridized carbons (Fsp3) is 0.895. The van der Waals surface area contributed by atoms with Crippen molar-refractivity contribution < 1.29 is 9.59 Å². The Morgan fingerprint density at radius 2 is 1.43 bits per heavy atom. The van der Waals surface area contributed by atoms with Gasteiger partial charge < -0.3 is 10.6 Å². The molecule has 2 N–H and O–H groups in total. The molecular formula is C19H30N2O2. The van der Waals surface area contributed by atoms with Gasteiger partial charge in [-0.3, -0.25) is 4.79 Å². The second-order valence-corrected chi connectivity index (χ2v) is 9.57. The van der Waals surface area contributed by atoms with Crippen molar-refractivity contribution in [3.05, 3.63) is 0 Å². The lowest BCUT2D eigenvalue weighted by molar-refractivity contribution is -0.132. The van der Waals surface area contributed by atoms with Gasteiger partial charge in [-0.2, -0.15) is 0 Å². The molecule has 128 valence electrons. The lowest BCUT2D eigenvalue weighted by atomic mass is 9.53. The summed E-state index contributed by atoms with van der Waals surface area (Å²) in [5, 5.41) is 6.53. The molecular weight excluding hydrogens is 288 g/mol. The van der Waals surface area contributed by atoms with Crippen molar-refractivity contribution in [1.29, 1.82) is 0 Å². The molecule has 2 amide bonds. The van der Waals surface area contributed by atoms with E-state index in [4.69, 9.17) is 0 Å². The molecule has 2 atom stereocenters. The Labute approximate surface area is 139 Å². The largest absolute Gasteiger partial charge is 0.335 e. The van der Waals surface area contributed by atoms with Gasteiger partial charge in [-0.15, -0.1) is 0 Å². The van der Waals surface area contributed by atoms with Crippen LogP contribution in [0.15, 0.2) is 0 Å². The highest BCUT2D eigenvalue weighted by molar-refractivity contribution is 5.81. The van der Waals surface area contributed by atoms with Crippen LogP contribution in [0.2, 0.25) is 0 Å². The Balaban J connectivity index is 1.37. The first-order chi connectivity index (χ1) is 10.8. The van der Waals surface area contributed by atoms with Crippen molar-refractivity contribution in [2.24, 2.45) is 29.1 Å². The molecule has 0 aromatic heterocycles. The zero-order chi connectivity index (χ0) is 16.4. The van der Waals surface area contributed by atoms with Gasteiger partial charge in [-0.25, -0.2) is 4.79 Å². The maximum absolute atomic E-state index is 12.6. The van der Waals surface area contributed by atoms with Gasteiger partial charge in [0.25, 0.3) is 0 Å². The number of ketones is 1. The molecule has 0 aromatic carbocycles. The van der Waals surface area contributed by atoms with Crippen LogP contribution in [-0.2, 0) is 4.79 Å². The highest BCUT2D eigenvalue weighted by atomic mass is 16.2. The standard InChI is InChI=1S/C19H30N2O2/c1-11(22)15-7-16(18(15,2)3)20-17(23)21-19-8-12-4-13(9-19)6-14(5-12)10-19/h12-16H,4-10H2,1-3H3,(H2,20,21,23). The van der Waals surface area contributed by atoms with Gasteiger partial charge in [-0.1, -0.05) is 13.8 Å². The molecule has 23 heavy (non-hydrogen) atoms. The van der Waals surface area contributed by atoms with E-state index in [1.165, 1.54) is 38.5 Å². The monoisotopic (exact) mass is 318 g/mol. The molecule has 0 radical (unpaired) electrons. The van der Waals surface area contributed by atoms with Crippen molar-refractivity contribution in [2.75, 3.05) is 0 Å². The SMILES string of the molecule is CC(=O)C1CC(NC(=O)NC23CC4CC(CC(C4)C2)C3)C1(C)C. The first kappa shape index (κ1) is 15.5. The fourth-order valence-electron chi connectivity index (χ4n) is 6.56. The second-order valence-electron chi connectivity index (χ2n) is 9.57. The molecule has 4 nitrogen and oxygen atoms in total. The minimum atomic E-state index is -0.120. The molecule has 0 aromatic rings. The Morgan fingerprint density at radius 3 is 1.87 bits per heavy atom. The third kappa shape index (κ3) is 2.49. The number of carbonyl (C=O) groups excluding carboxylic acids is 2. The minimum Gasteiger partial charge on any atom is -0.335 e. The maximum Gasteiger partial charge on any atom is 0.315 e. The molecule has 0 spiro atoms. The van der Waals surface area contributed by atoms with Crippen LogP contribution in [0.3, 0.4) is 0 Å². The molecule has 0 aliphatic heterocycles. The summed E-state index contributed by atoms with van der Waals surface area (Å²) in [6.45, 7) is 5.86. The number of hydrogen-bond donors (Lipinski definition) is 2. The normalized spacial score (nSPS) is 46.1. The number of carbonyl (C=O) groups is 2. The van der Waals surface area contributed by atoms with E-state index >= 15 is 0 Å². The van der Waals surface area contributed by atoms with Crippen molar-refractivity contribution >= 4 is 11.8 Å². The van der Waals surface area contributed by atoms with E-state index in [2.05, 4.69) is 24.5 Å². The summed E-state index contributed by atoms with van der Waals surface area (Å²) in [7, 11) is 0. The van der Waals surface area contributed by atoms with Gasteiger partial charge in [0.2, 0.25) is 0 Å². The van der Waals surface area contributed by atoms with Crippen molar-refractivity contribution in [1.82, 2.24) is 10.6 Å². The first-order valence-electron chi connectivity index (χ1n) is 9.36. The molecule has 2 unspecified atom stereocenters. The van der Waals surface area contributed by atoms with Crippen molar-refractivity contribution in [3.8, 4) is 0 Å². The predicted molar refractivity (Wildman–Crippen MR) is 88.9 cm³/mol. The second kappa shape index (κ2) is 4.97. The number of nitrogens with one attached hydrogen (secondary N) is 2. The van der Waals surface area contributed by atoms with Crippen LogP contribution in [0.25, 0.3) is 0 Å². The van der Waals surface area contributed by atoms with Crippen LogP contribution in [0.5, 0.6) is 0 Å². The minimum absolute atomic E-state index is 0.00738. The van der Waals surface area contributed by atoms with E-state index in [9.17, 15) is 9.59 Å². The summed E-state index contributed by atoms with van der Waals surface area (Å²) in [6, 6.07) is 0.109. The highest BCUT2D eigenvalue weighted by Gasteiger charge is 2.53. The quantitative estimate of drug-likeness (QED) is 0.839. The van der Waals surface area contributed by atoms with Gasteiger partial charge >= 0.3 is 6.03 Å². The van der Waals surface area contributed by atoms with Gasteiger partial charge in [0.1, 0.15) is 5.78 Å². The molecule has 5 fully saturated rings. The van der Waals surface area contributed by atoms with Crippen LogP contribution in [-0.4, -0.2) is 23.4 Å². The van der Waals surface area contributed by atoms with E-state index in [0.29, 0.717) is 0 Å². The third-order valence-corrected chi connectivity index (χ3v) is 7.48. The number of Topliss-reactive ketones (excluding diaryl/α,β-unsaturated/α-hetero) is 1. The molecule has 5 saturated carbocycles. The average Bonchev–Trinajstić information content (AvgIpc) is 2.40. The van der Waals surface area contributed by atoms with Gasteiger partial charge in [0.05, 0.1) is 0 Å². The smallest absolute Gasteiger partial charge is 0.315 e. The molecule has 0 heterocycles. The summed E-state index contributed by atoms with van der Waals surface area (Å²) in [5.74, 6) is 2.85. The first-order valence-corrected chi connectivity index (χ1v) is 9.36. The average molecular weight is 318 g/mol. The summed E-state index contributed by atoms with van der Waals surface area (Å²) in [6.07, 6.45) is 8.48. The Hall–Kier alpha value is -1.06. The Morgan fingerprint density at radius 1 is 0.913 bits per heavy atom. The number of amides is 2.